The van der Waals surface area contributed by atoms with E-state index in [9.17, 15) is 13.2 Å². The van der Waals surface area contributed by atoms with Gasteiger partial charge in [0.05, 0.1) is 5.75 Å². The number of nitrogens with one attached hydrogen (secondary N) is 2. The molecule has 1 fully saturated rings. The molecule has 0 saturated carbocycles. The fraction of sp³-hybridized carbons (Fsp3) is 0.471. The highest BCUT2D eigenvalue weighted by Gasteiger charge is 2.25. The molecule has 1 aromatic carbocycles. The number of aryl methyl sites for hydroxylation is 2. The molecule has 1 aromatic heterocycles. The van der Waals surface area contributed by atoms with Crippen molar-refractivity contribution in [2.75, 3.05) is 25.4 Å². The van der Waals surface area contributed by atoms with Crippen LogP contribution in [0.2, 0.25) is 0 Å². The van der Waals surface area contributed by atoms with Gasteiger partial charge in [0.1, 0.15) is 5.69 Å². The van der Waals surface area contributed by atoms with Gasteiger partial charge in [-0.25, -0.2) is 12.7 Å². The molecule has 0 atom stereocenters. The lowest BCUT2D eigenvalue weighted by atomic mass is 10.1. The van der Waals surface area contributed by atoms with E-state index in [1.54, 1.807) is 0 Å². The molecule has 1 saturated heterocycles. The quantitative estimate of drug-likeness (QED) is 0.865. The predicted molar refractivity (Wildman–Crippen MR) is 94.7 cm³/mol. The summed E-state index contributed by atoms with van der Waals surface area (Å²) in [6.45, 7) is 5.21. The Morgan fingerprint density at radius 1 is 1.25 bits per heavy atom. The summed E-state index contributed by atoms with van der Waals surface area (Å²) in [5.41, 5.74) is 3.42. The third-order valence-electron chi connectivity index (χ3n) is 4.54. The SMILES string of the molecule is Cc1ccc2[nH]c(C(=O)NCCS(=O)(=O)N3CCCC3)c(C)c2c1. The summed E-state index contributed by atoms with van der Waals surface area (Å²) in [5, 5.41) is 3.74. The minimum atomic E-state index is -3.27. The number of hydrogen-bond donors (Lipinski definition) is 2. The molecule has 2 heterocycles. The third kappa shape index (κ3) is 3.32. The summed E-state index contributed by atoms with van der Waals surface area (Å²) in [7, 11) is -3.27. The maximum atomic E-state index is 12.4. The third-order valence-corrected chi connectivity index (χ3v) is 6.42. The first-order valence-electron chi connectivity index (χ1n) is 8.23. The lowest BCUT2D eigenvalue weighted by molar-refractivity contribution is 0.0951. The van der Waals surface area contributed by atoms with E-state index in [2.05, 4.69) is 10.3 Å². The number of carbonyl (C=O) groups excluding carboxylic acids is 1. The maximum Gasteiger partial charge on any atom is 0.268 e. The number of aromatic amines is 1. The van der Waals surface area contributed by atoms with Gasteiger partial charge in [-0.2, -0.15) is 0 Å². The van der Waals surface area contributed by atoms with Crippen LogP contribution >= 0.6 is 0 Å². The number of rotatable bonds is 5. The first kappa shape index (κ1) is 17.0. The van der Waals surface area contributed by atoms with Crippen LogP contribution in [-0.4, -0.2) is 49.0 Å². The zero-order chi connectivity index (χ0) is 17.3. The summed E-state index contributed by atoms with van der Waals surface area (Å²) in [6.07, 6.45) is 1.83. The molecule has 0 unspecified atom stereocenters. The highest BCUT2D eigenvalue weighted by Crippen LogP contribution is 2.22. The van der Waals surface area contributed by atoms with Gasteiger partial charge in [0, 0.05) is 30.5 Å². The Hall–Kier alpha value is -1.86. The molecule has 3 rings (SSSR count). The van der Waals surface area contributed by atoms with Crippen molar-refractivity contribution >= 4 is 26.8 Å². The van der Waals surface area contributed by atoms with Crippen LogP contribution in [-0.2, 0) is 10.0 Å². The van der Waals surface area contributed by atoms with E-state index in [1.807, 2.05) is 32.0 Å². The average Bonchev–Trinajstić information content (AvgIpc) is 3.17. The number of benzene rings is 1. The molecule has 0 bridgehead atoms. The van der Waals surface area contributed by atoms with Crippen LogP contribution in [0.1, 0.15) is 34.5 Å². The molecule has 2 aromatic rings. The smallest absolute Gasteiger partial charge is 0.268 e. The van der Waals surface area contributed by atoms with Crippen LogP contribution in [0.3, 0.4) is 0 Å². The Kier molecular flexibility index (Phi) is 4.64. The minimum Gasteiger partial charge on any atom is -0.350 e. The van der Waals surface area contributed by atoms with Crippen molar-refractivity contribution in [2.24, 2.45) is 0 Å². The Morgan fingerprint density at radius 2 is 1.96 bits per heavy atom. The van der Waals surface area contributed by atoms with Crippen LogP contribution in [0.4, 0.5) is 0 Å². The molecule has 2 N–H and O–H groups in total. The number of amides is 1. The first-order chi connectivity index (χ1) is 11.4. The summed E-state index contributed by atoms with van der Waals surface area (Å²) in [4.78, 5) is 15.5. The number of sulfonamides is 1. The molecule has 7 heteroatoms. The molecule has 0 radical (unpaired) electrons. The minimum absolute atomic E-state index is 0.0584. The Bertz CT molecular complexity index is 865. The number of hydrogen-bond acceptors (Lipinski definition) is 3. The van der Waals surface area contributed by atoms with E-state index in [0.29, 0.717) is 18.8 Å². The van der Waals surface area contributed by atoms with Crippen LogP contribution in [0, 0.1) is 13.8 Å². The van der Waals surface area contributed by atoms with Crippen molar-refractivity contribution in [1.29, 1.82) is 0 Å². The standard InChI is InChI=1S/C17H23N3O3S/c1-12-5-6-15-14(11-12)13(2)16(19-15)17(21)18-7-10-24(22,23)20-8-3-4-9-20/h5-6,11,19H,3-4,7-10H2,1-2H3,(H,18,21). The summed E-state index contributed by atoms with van der Waals surface area (Å²) < 4.78 is 25.8. The van der Waals surface area contributed by atoms with Gasteiger partial charge in [-0.1, -0.05) is 11.6 Å². The normalized spacial score (nSPS) is 15.9. The van der Waals surface area contributed by atoms with E-state index in [0.717, 1.165) is 34.9 Å². The Balaban J connectivity index is 1.66. The van der Waals surface area contributed by atoms with Gasteiger partial charge in [-0.15, -0.1) is 0 Å². The lowest BCUT2D eigenvalue weighted by Crippen LogP contribution is -2.36. The summed E-state index contributed by atoms with van der Waals surface area (Å²) in [6, 6.07) is 5.98. The van der Waals surface area contributed by atoms with E-state index < -0.39 is 10.0 Å². The van der Waals surface area contributed by atoms with Crippen molar-refractivity contribution in [3.05, 3.63) is 35.0 Å². The fourth-order valence-corrected chi connectivity index (χ4v) is 4.58. The second-order valence-corrected chi connectivity index (χ2v) is 8.44. The lowest BCUT2D eigenvalue weighted by Gasteiger charge is -2.15. The van der Waals surface area contributed by atoms with Gasteiger partial charge in [0.15, 0.2) is 0 Å². The Morgan fingerprint density at radius 3 is 2.67 bits per heavy atom. The van der Waals surface area contributed by atoms with Gasteiger partial charge in [0.2, 0.25) is 10.0 Å². The van der Waals surface area contributed by atoms with Gasteiger partial charge < -0.3 is 10.3 Å². The van der Waals surface area contributed by atoms with Gasteiger partial charge >= 0.3 is 0 Å². The number of aromatic nitrogens is 1. The van der Waals surface area contributed by atoms with Crippen molar-refractivity contribution in [3.63, 3.8) is 0 Å². The largest absolute Gasteiger partial charge is 0.350 e. The van der Waals surface area contributed by atoms with E-state index in [4.69, 9.17) is 0 Å². The average molecular weight is 349 g/mol. The molecule has 1 amide bonds. The van der Waals surface area contributed by atoms with E-state index in [-0.39, 0.29) is 18.2 Å². The second kappa shape index (κ2) is 6.57. The number of carbonyl (C=O) groups is 1. The van der Waals surface area contributed by atoms with Crippen LogP contribution < -0.4 is 5.32 Å². The van der Waals surface area contributed by atoms with Crippen LogP contribution in [0.15, 0.2) is 18.2 Å². The van der Waals surface area contributed by atoms with Gasteiger partial charge in [-0.05, 0) is 44.4 Å². The highest BCUT2D eigenvalue weighted by molar-refractivity contribution is 7.89. The molecule has 0 spiro atoms. The number of fused-ring (bicyclic) bond motifs is 1. The monoisotopic (exact) mass is 349 g/mol. The van der Waals surface area contributed by atoms with Gasteiger partial charge in [0.25, 0.3) is 5.91 Å². The first-order valence-corrected chi connectivity index (χ1v) is 9.84. The van der Waals surface area contributed by atoms with Gasteiger partial charge in [-0.3, -0.25) is 4.79 Å². The zero-order valence-electron chi connectivity index (χ0n) is 14.1. The van der Waals surface area contributed by atoms with Crippen molar-refractivity contribution in [1.82, 2.24) is 14.6 Å². The molecule has 130 valence electrons. The molecular weight excluding hydrogens is 326 g/mol. The topological polar surface area (TPSA) is 82.3 Å². The molecule has 24 heavy (non-hydrogen) atoms. The number of nitrogens with zero attached hydrogens (tertiary/aromatic N) is 1. The number of H-pyrrole nitrogens is 1. The van der Waals surface area contributed by atoms with Crippen molar-refractivity contribution < 1.29 is 13.2 Å². The van der Waals surface area contributed by atoms with Crippen LogP contribution in [0.25, 0.3) is 10.9 Å². The molecule has 1 aliphatic heterocycles. The molecule has 1 aliphatic rings. The maximum absolute atomic E-state index is 12.4. The highest BCUT2D eigenvalue weighted by atomic mass is 32.2. The summed E-state index contributed by atoms with van der Waals surface area (Å²) in [5.74, 6) is -0.324. The molecule has 0 aliphatic carbocycles. The second-order valence-electron chi connectivity index (χ2n) is 6.35. The van der Waals surface area contributed by atoms with E-state index in [1.165, 1.54) is 4.31 Å². The fourth-order valence-electron chi connectivity index (χ4n) is 3.14. The van der Waals surface area contributed by atoms with Crippen molar-refractivity contribution in [2.45, 2.75) is 26.7 Å². The summed E-state index contributed by atoms with van der Waals surface area (Å²) >= 11 is 0. The predicted octanol–water partition coefficient (Wildman–Crippen LogP) is 1.94. The molecular formula is C17H23N3O3S. The van der Waals surface area contributed by atoms with Crippen LogP contribution in [0.5, 0.6) is 0 Å². The molecule has 6 nitrogen and oxygen atoms in total. The van der Waals surface area contributed by atoms with E-state index >= 15 is 0 Å². The zero-order valence-corrected chi connectivity index (χ0v) is 14.9. The van der Waals surface area contributed by atoms with Crippen molar-refractivity contribution in [3.8, 4) is 0 Å². The Labute approximate surface area is 142 Å².